The third-order valence-electron chi connectivity index (χ3n) is 6.30. The fraction of sp³-hybridized carbons (Fsp3) is 0.567. The Labute approximate surface area is 226 Å². The molecule has 0 fully saturated rings. The largest absolute Gasteiger partial charge is 0.320 e. The molecule has 0 radical (unpaired) electrons. The van der Waals surface area contributed by atoms with Gasteiger partial charge in [-0.05, 0) is 109 Å². The summed E-state index contributed by atoms with van der Waals surface area (Å²) >= 11 is 11.4. The van der Waals surface area contributed by atoms with E-state index >= 15 is 0 Å². The Bertz CT molecular complexity index is 714. The van der Waals surface area contributed by atoms with Crippen LogP contribution in [0.4, 0.5) is 0 Å². The van der Waals surface area contributed by atoms with Gasteiger partial charge in [-0.3, -0.25) is 0 Å². The van der Waals surface area contributed by atoms with Gasteiger partial charge in [0.2, 0.25) is 0 Å². The normalized spacial score (nSPS) is 21.1. The van der Waals surface area contributed by atoms with Crippen molar-refractivity contribution in [1.29, 1.82) is 0 Å². The second kappa shape index (κ2) is 23.0. The van der Waals surface area contributed by atoms with E-state index in [9.17, 15) is 0 Å². The number of rotatable bonds is 3. The van der Waals surface area contributed by atoms with Crippen molar-refractivity contribution in [3.05, 3.63) is 70.8 Å². The van der Waals surface area contributed by atoms with E-state index in [0.717, 1.165) is 40.0 Å². The van der Waals surface area contributed by atoms with Gasteiger partial charge in [0, 0.05) is 16.1 Å². The maximum atomic E-state index is 8.00. The predicted octanol–water partition coefficient (Wildman–Crippen LogP) is 8.55. The van der Waals surface area contributed by atoms with Crippen LogP contribution in [0.15, 0.2) is 55.2 Å². The molecule has 2 aliphatic rings. The standard InChI is InChI=1S/C15H25N.C7H6Cl2.C5H13N.C2H4.CH2O/c1-12-5-4-6-14-8-7-13(2)16(3)10-9-15(12)11-14;1-5-4-6(8)2-3-7(5)9;1-3-4-5-6-2;2*1-2/h4-5,11-13,15H,6-10H2,1-3H3;2-4H,1H3;6H,3-5H2,1-2H3;1-2H2;1H2. The summed E-state index contributed by atoms with van der Waals surface area (Å²) < 4.78 is 0. The fourth-order valence-electron chi connectivity index (χ4n) is 3.78. The van der Waals surface area contributed by atoms with E-state index in [2.05, 4.69) is 69.4 Å². The Morgan fingerprint density at radius 1 is 1.14 bits per heavy atom. The van der Waals surface area contributed by atoms with Crippen LogP contribution in [0.25, 0.3) is 0 Å². The van der Waals surface area contributed by atoms with Crippen LogP contribution < -0.4 is 5.32 Å². The quantitative estimate of drug-likeness (QED) is 0.317. The molecule has 0 spiro atoms. The van der Waals surface area contributed by atoms with E-state index in [1.165, 1.54) is 45.1 Å². The average Bonchev–Trinajstić information content (AvgIpc) is 3.01. The molecule has 200 valence electrons. The SMILES string of the molecule is C=C.C=O.CC1C=CCC2=CC1CCN(C)C(C)CC2.CCCCNC.Cc1cc(Cl)ccc1Cl. The molecule has 0 aromatic heterocycles. The van der Waals surface area contributed by atoms with Gasteiger partial charge >= 0.3 is 0 Å². The van der Waals surface area contributed by atoms with Gasteiger partial charge in [0.05, 0.1) is 0 Å². The van der Waals surface area contributed by atoms with E-state index < -0.39 is 0 Å². The molecule has 3 unspecified atom stereocenters. The van der Waals surface area contributed by atoms with E-state index in [0.29, 0.717) is 0 Å². The van der Waals surface area contributed by atoms with Crippen LogP contribution in [0, 0.1) is 18.8 Å². The molecule has 3 rings (SSSR count). The minimum atomic E-state index is 0.722. The highest BCUT2D eigenvalue weighted by Gasteiger charge is 2.20. The number of benzene rings is 1. The van der Waals surface area contributed by atoms with Gasteiger partial charge in [-0.25, -0.2) is 0 Å². The topological polar surface area (TPSA) is 32.3 Å². The lowest BCUT2D eigenvalue weighted by atomic mass is 9.90. The van der Waals surface area contributed by atoms with Crippen molar-refractivity contribution in [1.82, 2.24) is 10.2 Å². The second-order valence-electron chi connectivity index (χ2n) is 8.99. The first-order valence-corrected chi connectivity index (χ1v) is 13.5. The van der Waals surface area contributed by atoms with Crippen molar-refractivity contribution in [3.63, 3.8) is 0 Å². The van der Waals surface area contributed by atoms with E-state index in [1.54, 1.807) is 17.7 Å². The Balaban J connectivity index is 0. The number of aryl methyl sites for hydroxylation is 1. The van der Waals surface area contributed by atoms with E-state index in [4.69, 9.17) is 28.0 Å². The highest BCUT2D eigenvalue weighted by atomic mass is 35.5. The highest BCUT2D eigenvalue weighted by molar-refractivity contribution is 6.33. The van der Waals surface area contributed by atoms with Gasteiger partial charge in [0.25, 0.3) is 0 Å². The predicted molar refractivity (Wildman–Crippen MR) is 159 cm³/mol. The lowest BCUT2D eigenvalue weighted by Crippen LogP contribution is -2.30. The molecule has 1 aliphatic carbocycles. The molecule has 3 nitrogen and oxygen atoms in total. The van der Waals surface area contributed by atoms with Gasteiger partial charge in [-0.15, -0.1) is 13.2 Å². The number of fused-ring (bicyclic) bond motifs is 1. The van der Waals surface area contributed by atoms with Crippen LogP contribution in [0.3, 0.4) is 0 Å². The Morgan fingerprint density at radius 3 is 2.31 bits per heavy atom. The zero-order chi connectivity index (χ0) is 27.2. The highest BCUT2D eigenvalue weighted by Crippen LogP contribution is 2.29. The lowest BCUT2D eigenvalue weighted by Gasteiger charge is -2.26. The summed E-state index contributed by atoms with van der Waals surface area (Å²) in [7, 11) is 4.26. The first-order chi connectivity index (χ1) is 16.8. The van der Waals surface area contributed by atoms with Crippen molar-refractivity contribution in [2.45, 2.75) is 72.3 Å². The second-order valence-corrected chi connectivity index (χ2v) is 9.83. The zero-order valence-electron chi connectivity index (χ0n) is 23.1. The number of carbonyl (C=O) groups is 1. The number of allylic oxidation sites excluding steroid dienone is 4. The monoisotopic (exact) mass is 524 g/mol. The van der Waals surface area contributed by atoms with Gasteiger partial charge in [-0.1, -0.05) is 67.3 Å². The van der Waals surface area contributed by atoms with Crippen LogP contribution >= 0.6 is 23.2 Å². The maximum absolute atomic E-state index is 8.00. The van der Waals surface area contributed by atoms with Crippen LogP contribution in [-0.4, -0.2) is 44.9 Å². The Hall–Kier alpha value is -1.39. The summed E-state index contributed by atoms with van der Waals surface area (Å²) in [5.41, 5.74) is 2.69. The number of nitrogens with one attached hydrogen (secondary N) is 1. The number of carbonyl (C=O) groups excluding carboxylic acids is 1. The number of nitrogens with zero attached hydrogens (tertiary/aromatic N) is 1. The van der Waals surface area contributed by atoms with Crippen molar-refractivity contribution in [3.8, 4) is 0 Å². The molecule has 2 bridgehead atoms. The molecule has 35 heavy (non-hydrogen) atoms. The molecule has 0 saturated carbocycles. The molecule has 1 aliphatic heterocycles. The maximum Gasteiger partial charge on any atom is 0.106 e. The zero-order valence-corrected chi connectivity index (χ0v) is 24.6. The molecule has 5 heteroatoms. The third kappa shape index (κ3) is 16.8. The first kappa shape index (κ1) is 35.8. The smallest absolute Gasteiger partial charge is 0.106 e. The number of unbranched alkanes of at least 4 members (excludes halogenated alkanes) is 1. The van der Waals surface area contributed by atoms with Gasteiger partial charge in [0.1, 0.15) is 6.79 Å². The van der Waals surface area contributed by atoms with Crippen molar-refractivity contribution in [2.75, 3.05) is 27.2 Å². The van der Waals surface area contributed by atoms with Crippen LogP contribution in [0.5, 0.6) is 0 Å². The summed E-state index contributed by atoms with van der Waals surface area (Å²) in [6, 6.07) is 6.14. The molecule has 1 heterocycles. The Morgan fingerprint density at radius 2 is 1.80 bits per heavy atom. The fourth-order valence-corrected chi connectivity index (χ4v) is 4.12. The minimum absolute atomic E-state index is 0.722. The number of hydrogen-bond donors (Lipinski definition) is 1. The van der Waals surface area contributed by atoms with Crippen molar-refractivity contribution >= 4 is 30.0 Å². The van der Waals surface area contributed by atoms with Gasteiger partial charge < -0.3 is 15.0 Å². The molecule has 0 saturated heterocycles. The molecule has 3 atom stereocenters. The van der Waals surface area contributed by atoms with E-state index in [-0.39, 0.29) is 0 Å². The summed E-state index contributed by atoms with van der Waals surface area (Å²) in [6.07, 6.45) is 15.1. The van der Waals surface area contributed by atoms with Crippen LogP contribution in [0.2, 0.25) is 10.0 Å². The number of halogens is 2. The first-order valence-electron chi connectivity index (χ1n) is 12.7. The van der Waals surface area contributed by atoms with Gasteiger partial charge in [-0.2, -0.15) is 0 Å². The summed E-state index contributed by atoms with van der Waals surface area (Å²) in [6.45, 7) is 19.3. The molecule has 1 N–H and O–H groups in total. The minimum Gasteiger partial charge on any atom is -0.320 e. The van der Waals surface area contributed by atoms with Crippen LogP contribution in [0.1, 0.15) is 64.9 Å². The van der Waals surface area contributed by atoms with Crippen LogP contribution in [-0.2, 0) is 4.79 Å². The summed E-state index contributed by atoms with van der Waals surface area (Å²) in [4.78, 5) is 10.5. The van der Waals surface area contributed by atoms with Crippen molar-refractivity contribution < 1.29 is 4.79 Å². The molecule has 1 aromatic rings. The Kier molecular flexibility index (Phi) is 23.5. The average molecular weight is 526 g/mol. The molecule has 1 aromatic carbocycles. The molecular formula is C30H50Cl2N2O. The molecular weight excluding hydrogens is 475 g/mol. The van der Waals surface area contributed by atoms with Crippen molar-refractivity contribution in [2.24, 2.45) is 11.8 Å². The van der Waals surface area contributed by atoms with Gasteiger partial charge in [0.15, 0.2) is 0 Å². The lowest BCUT2D eigenvalue weighted by molar-refractivity contribution is -0.0979. The summed E-state index contributed by atoms with van der Waals surface area (Å²) in [5.74, 6) is 1.49. The third-order valence-corrected chi connectivity index (χ3v) is 6.96. The number of hydrogen-bond acceptors (Lipinski definition) is 3. The summed E-state index contributed by atoms with van der Waals surface area (Å²) in [5, 5.41) is 4.57. The molecule has 0 amide bonds. The van der Waals surface area contributed by atoms with E-state index in [1.807, 2.05) is 26.8 Å².